The van der Waals surface area contributed by atoms with Gasteiger partial charge in [-0.15, -0.1) is 0 Å². The minimum absolute atomic E-state index is 0.0518. The summed E-state index contributed by atoms with van der Waals surface area (Å²) >= 11 is 6.57. The number of unbranched alkanes of at least 4 members (excludes halogenated alkanes) is 1. The average Bonchev–Trinajstić information content (AvgIpc) is 3.63. The van der Waals surface area contributed by atoms with Gasteiger partial charge in [0.15, 0.2) is 0 Å². The maximum absolute atomic E-state index is 13.6. The average molecular weight is 1260 g/mol. The van der Waals surface area contributed by atoms with Crippen LogP contribution in [0.1, 0.15) is 96.9 Å². The van der Waals surface area contributed by atoms with Gasteiger partial charge in [-0.2, -0.15) is 16.8 Å². The summed E-state index contributed by atoms with van der Waals surface area (Å²) in [7, 11) is 1.66. The molecule has 0 spiro atoms. The molecule has 0 aromatic heterocycles. The molecule has 7 atom stereocenters. The second-order valence-electron chi connectivity index (χ2n) is 21.4. The molecule has 2 aromatic rings. The number of carboxylic acid groups (broad SMARTS) is 5. The molecule has 3 fully saturated rings. The normalized spacial score (nSPS) is 18.6. The fourth-order valence-electron chi connectivity index (χ4n) is 10.7. The van der Waals surface area contributed by atoms with Crippen molar-refractivity contribution in [3.8, 4) is 0 Å². The fourth-order valence-corrected chi connectivity index (χ4v) is 12.4. The van der Waals surface area contributed by atoms with E-state index in [2.05, 4.69) is 42.1 Å². The predicted octanol–water partition coefficient (Wildman–Crippen LogP) is 2.13. The number of likely N-dealkylation sites (N-methyl/N-ethyl adjacent to an activating group) is 1. The lowest BCUT2D eigenvalue weighted by Crippen LogP contribution is -2.58. The molecule has 2 aromatic carbocycles. The Morgan fingerprint density at radius 2 is 1.32 bits per heavy atom. The molecule has 2 saturated heterocycles. The largest absolute Gasteiger partial charge is 0.481 e. The lowest BCUT2D eigenvalue weighted by Gasteiger charge is -2.45. The number of thioether (sulfide) groups is 1. The molecule has 1 aliphatic carbocycles. The van der Waals surface area contributed by atoms with E-state index in [0.29, 0.717) is 56.6 Å². The molecule has 11 N–H and O–H groups in total. The van der Waals surface area contributed by atoms with Gasteiger partial charge < -0.3 is 71.6 Å². The number of anilines is 1. The van der Waals surface area contributed by atoms with Crippen LogP contribution in [0.4, 0.5) is 16.2 Å². The molecule has 0 bridgehead atoms. The number of nitrogens with zero attached hydrogens (tertiary/aromatic N) is 4. The lowest BCUT2D eigenvalue weighted by molar-refractivity contribution is -0.145. The van der Waals surface area contributed by atoms with Crippen LogP contribution in [-0.4, -0.2) is 245 Å². The van der Waals surface area contributed by atoms with E-state index in [9.17, 15) is 73.5 Å². The number of fused-ring (bicyclic) bond motifs is 1. The zero-order chi connectivity index (χ0) is 63.3. The molecule has 3 aliphatic rings. The van der Waals surface area contributed by atoms with Crippen molar-refractivity contribution in [1.29, 1.82) is 0 Å². The maximum Gasteiger partial charge on any atom is 0.317 e. The number of urea groups is 1. The standard InChI is InChI=1S/C57H80N10O18S2/c1-65(30-49(71)72)44-8-2-3-9-45(44)67(33-52(77)78)29-41(66(31-50(73)74)32-51(75)76)24-36-12-14-39(15-13-36)61-55(80)38-25-37(26-40(27-38)60-35-86)54(79)58-16-6-18-83-20-22-85-23-21-84-19-7-17-59-56(81)42(28-48(69)70)62-47(68)11-5-4-10-46-53-43(34-87-46)63-57(82)64-53/h12-15,25-27,41-46,53H,2-11,16-24,28-34H2,1H3,(H,58,79)(H,59,81)(H,61,80)(H,62,68)(H,69,70)(H,71,72)(H,73,74)(H,75,76)(H,77,78)(H2,63,64,82). The van der Waals surface area contributed by atoms with Crippen molar-refractivity contribution in [2.75, 3.05) is 104 Å². The number of thiocarbonyl (C=S) groups is 1. The topological polar surface area (TPSA) is 394 Å². The number of hydrogen-bond donors (Lipinski definition) is 11. The Kier molecular flexibility index (Phi) is 30.5. The lowest BCUT2D eigenvalue weighted by atomic mass is 9.87. The summed E-state index contributed by atoms with van der Waals surface area (Å²) in [5.74, 6) is -7.28. The Balaban J connectivity index is 0.995. The van der Waals surface area contributed by atoms with Crippen molar-refractivity contribution in [3.63, 3.8) is 0 Å². The third-order valence-electron chi connectivity index (χ3n) is 14.8. The van der Waals surface area contributed by atoms with Gasteiger partial charge in [-0.05, 0) is 100 Å². The van der Waals surface area contributed by atoms with Gasteiger partial charge >= 0.3 is 35.9 Å². The number of carboxylic acids is 5. The number of nitrogens with one attached hydrogen (secondary N) is 6. The van der Waals surface area contributed by atoms with Crippen LogP contribution in [0.3, 0.4) is 0 Å². The van der Waals surface area contributed by atoms with Crippen LogP contribution in [0.2, 0.25) is 0 Å². The first-order chi connectivity index (χ1) is 41.7. The Morgan fingerprint density at radius 1 is 0.724 bits per heavy atom. The van der Waals surface area contributed by atoms with Gasteiger partial charge in [0.2, 0.25) is 11.8 Å². The van der Waals surface area contributed by atoms with Crippen LogP contribution >= 0.6 is 24.0 Å². The Morgan fingerprint density at radius 3 is 1.93 bits per heavy atom. The van der Waals surface area contributed by atoms with Crippen molar-refractivity contribution in [2.45, 2.75) is 119 Å². The quantitative estimate of drug-likeness (QED) is 0.0196. The van der Waals surface area contributed by atoms with E-state index >= 15 is 0 Å². The number of benzene rings is 2. The highest BCUT2D eigenvalue weighted by molar-refractivity contribution is 8.00. The smallest absolute Gasteiger partial charge is 0.317 e. The van der Waals surface area contributed by atoms with E-state index in [4.69, 9.17) is 26.4 Å². The molecule has 28 nitrogen and oxygen atoms in total. The predicted molar refractivity (Wildman–Crippen MR) is 321 cm³/mol. The molecule has 87 heavy (non-hydrogen) atoms. The Labute approximate surface area is 513 Å². The van der Waals surface area contributed by atoms with Crippen LogP contribution in [0.15, 0.2) is 47.5 Å². The first-order valence-electron chi connectivity index (χ1n) is 28.9. The summed E-state index contributed by atoms with van der Waals surface area (Å²) in [4.78, 5) is 132. The van der Waals surface area contributed by atoms with Crippen LogP contribution in [0, 0.1) is 0 Å². The molecule has 478 valence electrons. The maximum atomic E-state index is 13.6. The van der Waals surface area contributed by atoms with Crippen LogP contribution in [0.5, 0.6) is 0 Å². The van der Waals surface area contributed by atoms with E-state index in [1.807, 2.05) is 0 Å². The second-order valence-corrected chi connectivity index (χ2v) is 22.9. The van der Waals surface area contributed by atoms with Gasteiger partial charge in [0, 0.05) is 85.2 Å². The Hall–Kier alpha value is -7.15. The van der Waals surface area contributed by atoms with Crippen molar-refractivity contribution in [2.24, 2.45) is 4.99 Å². The van der Waals surface area contributed by atoms with E-state index in [1.165, 1.54) is 23.1 Å². The molecule has 0 radical (unpaired) electrons. The summed E-state index contributed by atoms with van der Waals surface area (Å²) < 4.78 is 16.7. The van der Waals surface area contributed by atoms with Crippen LogP contribution in [0.25, 0.3) is 0 Å². The Bertz CT molecular complexity index is 2710. The number of ether oxygens (including phenoxy) is 3. The number of isothiocyanates is 1. The van der Waals surface area contributed by atoms with Crippen molar-refractivity contribution in [3.05, 3.63) is 59.2 Å². The van der Waals surface area contributed by atoms with Gasteiger partial charge in [-0.3, -0.25) is 57.9 Å². The number of aliphatic imine (C=N–C) groups is 1. The first-order valence-corrected chi connectivity index (χ1v) is 30.3. The molecular formula is C57H80N10O18S2. The third kappa shape index (κ3) is 25.6. The van der Waals surface area contributed by atoms with Gasteiger partial charge in [0.1, 0.15) is 6.04 Å². The highest BCUT2D eigenvalue weighted by Crippen LogP contribution is 2.33. The minimum atomic E-state index is -1.29. The highest BCUT2D eigenvalue weighted by atomic mass is 32.2. The number of rotatable bonds is 42. The summed E-state index contributed by atoms with van der Waals surface area (Å²) in [6.07, 6.45) is 5.36. The molecule has 7 unspecified atom stereocenters. The number of amides is 6. The molecule has 2 aliphatic heterocycles. The van der Waals surface area contributed by atoms with E-state index in [1.54, 1.807) is 52.9 Å². The zero-order valence-electron chi connectivity index (χ0n) is 48.6. The first kappa shape index (κ1) is 70.6. The molecule has 2 heterocycles. The van der Waals surface area contributed by atoms with E-state index < -0.39 is 97.7 Å². The zero-order valence-corrected chi connectivity index (χ0v) is 50.2. The van der Waals surface area contributed by atoms with E-state index in [0.717, 1.165) is 31.4 Å². The van der Waals surface area contributed by atoms with Gasteiger partial charge in [-0.25, -0.2) is 4.79 Å². The molecule has 1 saturated carbocycles. The minimum Gasteiger partial charge on any atom is -0.481 e. The number of hydrogen-bond acceptors (Lipinski definition) is 19. The van der Waals surface area contributed by atoms with Crippen LogP contribution < -0.4 is 31.9 Å². The SMILES string of the molecule is CN(CC(=O)O)C1CCCCC1N(CC(=O)O)CC(Cc1ccc(NC(=O)c2cc(N=C=S)cc(C(=O)NCCCOCCOCCOCCCNC(=O)C(CC(=O)O)NC(=O)CCCCC3SCC4NC(=O)NC43)c2)cc1)N(CC(=O)O)CC(=O)O. The number of aliphatic carboxylic acids is 5. The summed E-state index contributed by atoms with van der Waals surface area (Å²) in [5, 5.41) is 67.6. The van der Waals surface area contributed by atoms with Crippen molar-refractivity contribution >= 4 is 100 Å². The molecule has 6 amide bonds. The molecule has 5 rings (SSSR count). The third-order valence-corrected chi connectivity index (χ3v) is 16.4. The molecular weight excluding hydrogens is 1180 g/mol. The fraction of sp³-hybridized carbons (Fsp3) is 0.596. The van der Waals surface area contributed by atoms with Crippen LogP contribution in [-0.2, 0) is 54.2 Å². The van der Waals surface area contributed by atoms with E-state index in [-0.39, 0.29) is 112 Å². The molecule has 30 heteroatoms. The summed E-state index contributed by atoms with van der Waals surface area (Å²) in [6, 6.07) is 7.97. The second kappa shape index (κ2) is 37.5. The monoisotopic (exact) mass is 1260 g/mol. The summed E-state index contributed by atoms with van der Waals surface area (Å²) in [6.45, 7) is 0.0217. The van der Waals surface area contributed by atoms with Gasteiger partial charge in [0.05, 0.1) is 82.0 Å². The van der Waals surface area contributed by atoms with Crippen molar-refractivity contribution < 1.29 is 87.7 Å². The van der Waals surface area contributed by atoms with Gasteiger partial charge in [0.25, 0.3) is 11.8 Å². The highest BCUT2D eigenvalue weighted by Gasteiger charge is 2.43. The summed E-state index contributed by atoms with van der Waals surface area (Å²) in [5.41, 5.74) is 1.34. The number of carbonyl (C=O) groups excluding carboxylic acids is 5. The van der Waals surface area contributed by atoms with Gasteiger partial charge in [-0.1, -0.05) is 31.4 Å². The number of carbonyl (C=O) groups is 10. The van der Waals surface area contributed by atoms with Crippen molar-refractivity contribution in [1.82, 2.24) is 41.3 Å².